The van der Waals surface area contributed by atoms with Crippen LogP contribution in [-0.4, -0.2) is 30.1 Å². The predicted molar refractivity (Wildman–Crippen MR) is 120 cm³/mol. The van der Waals surface area contributed by atoms with E-state index >= 15 is 0 Å². The molecule has 0 saturated heterocycles. The molecule has 0 atom stereocenters. The topological polar surface area (TPSA) is 85.0 Å². The van der Waals surface area contributed by atoms with Gasteiger partial charge in [-0.05, 0) is 48.0 Å². The first-order chi connectivity index (χ1) is 15.9. The van der Waals surface area contributed by atoms with Gasteiger partial charge < -0.3 is 19.6 Å². The van der Waals surface area contributed by atoms with Crippen molar-refractivity contribution >= 4 is 33.7 Å². The summed E-state index contributed by atoms with van der Waals surface area (Å²) in [7, 11) is 1.75. The number of aryl methyl sites for hydroxylation is 1. The average molecular weight is 447 g/mol. The van der Waals surface area contributed by atoms with Crippen molar-refractivity contribution in [2.45, 2.75) is 13.2 Å². The van der Waals surface area contributed by atoms with Gasteiger partial charge in [0.25, 0.3) is 5.91 Å². The summed E-state index contributed by atoms with van der Waals surface area (Å²) in [5.74, 6) is -0.763. The molecule has 9 heteroatoms. The molecule has 0 bridgehead atoms. The molecule has 2 N–H and O–H groups in total. The van der Waals surface area contributed by atoms with Crippen molar-refractivity contribution < 1.29 is 18.7 Å². The molecule has 0 aliphatic carbocycles. The SMILES string of the molecule is Cn1c(CO)nc2cc(NC(=O)c3cc4cc(F)ccc4n3Cc3cccc(F)c3)cnc21. The third-order valence-electron chi connectivity index (χ3n) is 5.53. The first kappa shape index (κ1) is 20.8. The number of anilines is 1. The summed E-state index contributed by atoms with van der Waals surface area (Å²) in [4.78, 5) is 21.9. The number of aliphatic hydroxyl groups excluding tert-OH is 1. The zero-order valence-corrected chi connectivity index (χ0v) is 17.6. The number of hydrogen-bond donors (Lipinski definition) is 2. The Labute approximate surface area is 186 Å². The lowest BCUT2D eigenvalue weighted by Gasteiger charge is -2.12. The van der Waals surface area contributed by atoms with E-state index in [0.29, 0.717) is 39.1 Å². The number of nitrogens with one attached hydrogen (secondary N) is 1. The van der Waals surface area contributed by atoms with Gasteiger partial charge >= 0.3 is 0 Å². The van der Waals surface area contributed by atoms with E-state index in [9.17, 15) is 18.7 Å². The minimum atomic E-state index is -0.428. The zero-order chi connectivity index (χ0) is 23.1. The van der Waals surface area contributed by atoms with Gasteiger partial charge in [-0.3, -0.25) is 4.79 Å². The number of aliphatic hydroxyl groups is 1. The Morgan fingerprint density at radius 3 is 2.70 bits per heavy atom. The molecule has 0 saturated carbocycles. The summed E-state index contributed by atoms with van der Waals surface area (Å²) < 4.78 is 30.9. The molecule has 7 nitrogen and oxygen atoms in total. The monoisotopic (exact) mass is 447 g/mol. The number of halogens is 2. The van der Waals surface area contributed by atoms with E-state index in [0.717, 1.165) is 0 Å². The fraction of sp³-hybridized carbons (Fsp3) is 0.125. The van der Waals surface area contributed by atoms with Gasteiger partial charge in [0.05, 0.1) is 11.9 Å². The van der Waals surface area contributed by atoms with Crippen LogP contribution in [0.1, 0.15) is 21.9 Å². The van der Waals surface area contributed by atoms with Crippen molar-refractivity contribution in [2.75, 3.05) is 5.32 Å². The first-order valence-electron chi connectivity index (χ1n) is 10.2. The highest BCUT2D eigenvalue weighted by molar-refractivity contribution is 6.06. The molecule has 3 aromatic heterocycles. The minimum absolute atomic E-state index is 0.229. The van der Waals surface area contributed by atoms with Crippen LogP contribution >= 0.6 is 0 Å². The van der Waals surface area contributed by atoms with E-state index in [4.69, 9.17) is 0 Å². The molecule has 0 aliphatic rings. The van der Waals surface area contributed by atoms with E-state index < -0.39 is 11.7 Å². The second-order valence-electron chi connectivity index (χ2n) is 7.71. The van der Waals surface area contributed by atoms with Crippen molar-refractivity contribution in [2.24, 2.45) is 7.05 Å². The van der Waals surface area contributed by atoms with Crippen LogP contribution in [0.5, 0.6) is 0 Å². The third kappa shape index (κ3) is 3.83. The smallest absolute Gasteiger partial charge is 0.272 e. The van der Waals surface area contributed by atoms with E-state index in [1.165, 1.54) is 30.5 Å². The number of carbonyl (C=O) groups is 1. The maximum atomic E-state index is 13.8. The van der Waals surface area contributed by atoms with Gasteiger partial charge in [0, 0.05) is 24.5 Å². The van der Waals surface area contributed by atoms with Gasteiger partial charge in [-0.25, -0.2) is 18.7 Å². The van der Waals surface area contributed by atoms with Crippen LogP contribution in [0.15, 0.2) is 60.8 Å². The number of imidazole rings is 1. The minimum Gasteiger partial charge on any atom is -0.388 e. The van der Waals surface area contributed by atoms with E-state index in [1.54, 1.807) is 46.5 Å². The Balaban J connectivity index is 1.53. The molecule has 33 heavy (non-hydrogen) atoms. The lowest BCUT2D eigenvalue weighted by molar-refractivity contribution is 0.101. The quantitative estimate of drug-likeness (QED) is 0.427. The Morgan fingerprint density at radius 2 is 1.91 bits per heavy atom. The molecule has 2 aromatic carbocycles. The molecule has 0 unspecified atom stereocenters. The molecule has 166 valence electrons. The molecule has 5 aromatic rings. The van der Waals surface area contributed by atoms with Gasteiger partial charge in [-0.2, -0.15) is 0 Å². The molecule has 1 amide bonds. The van der Waals surface area contributed by atoms with Gasteiger partial charge in [0.2, 0.25) is 0 Å². The number of amides is 1. The second-order valence-corrected chi connectivity index (χ2v) is 7.71. The lowest BCUT2D eigenvalue weighted by Crippen LogP contribution is -2.17. The fourth-order valence-corrected chi connectivity index (χ4v) is 3.95. The van der Waals surface area contributed by atoms with Crippen molar-refractivity contribution in [3.8, 4) is 0 Å². The Morgan fingerprint density at radius 1 is 1.09 bits per heavy atom. The van der Waals surface area contributed by atoms with Crippen LogP contribution in [0, 0.1) is 11.6 Å². The Hall–Kier alpha value is -4.11. The number of rotatable bonds is 5. The molecule has 0 radical (unpaired) electrons. The fourth-order valence-electron chi connectivity index (χ4n) is 3.95. The number of nitrogens with zero attached hydrogens (tertiary/aromatic N) is 4. The highest BCUT2D eigenvalue weighted by Gasteiger charge is 2.18. The van der Waals surface area contributed by atoms with Crippen LogP contribution in [0.4, 0.5) is 14.5 Å². The standard InChI is InChI=1S/C24H19F2N5O2/c1-30-22(13-32)29-19-10-18(11-27-23(19)30)28-24(33)21-9-15-8-17(26)5-6-20(15)31(21)12-14-3-2-4-16(25)7-14/h2-11,32H,12-13H2,1H3,(H,28,33). The van der Waals surface area contributed by atoms with Crippen LogP contribution in [-0.2, 0) is 20.2 Å². The van der Waals surface area contributed by atoms with Crippen molar-refractivity contribution in [1.29, 1.82) is 0 Å². The summed E-state index contributed by atoms with van der Waals surface area (Å²) in [6.07, 6.45) is 1.50. The summed E-state index contributed by atoms with van der Waals surface area (Å²) in [6, 6.07) is 13.6. The summed E-state index contributed by atoms with van der Waals surface area (Å²) in [5, 5.41) is 12.8. The molecular weight excluding hydrogens is 428 g/mol. The summed E-state index contributed by atoms with van der Waals surface area (Å²) >= 11 is 0. The molecular formula is C24H19F2N5O2. The molecule has 0 fully saturated rings. The summed E-state index contributed by atoms with van der Waals surface area (Å²) in [6.45, 7) is -0.00166. The van der Waals surface area contributed by atoms with Crippen LogP contribution in [0.3, 0.4) is 0 Å². The second kappa shape index (κ2) is 8.10. The number of fused-ring (bicyclic) bond motifs is 2. The van der Waals surface area contributed by atoms with E-state index in [-0.39, 0.29) is 24.7 Å². The Kier molecular flexibility index (Phi) is 5.10. The zero-order valence-electron chi connectivity index (χ0n) is 17.6. The van der Waals surface area contributed by atoms with Crippen LogP contribution < -0.4 is 5.32 Å². The maximum Gasteiger partial charge on any atom is 0.272 e. The first-order valence-corrected chi connectivity index (χ1v) is 10.2. The van der Waals surface area contributed by atoms with Crippen LogP contribution in [0.25, 0.3) is 22.1 Å². The van der Waals surface area contributed by atoms with Crippen molar-refractivity contribution in [1.82, 2.24) is 19.1 Å². The average Bonchev–Trinajstić information content (AvgIpc) is 3.30. The number of benzene rings is 2. The van der Waals surface area contributed by atoms with Gasteiger partial charge in [0.1, 0.15) is 35.3 Å². The van der Waals surface area contributed by atoms with Crippen LogP contribution in [0.2, 0.25) is 0 Å². The summed E-state index contributed by atoms with van der Waals surface area (Å²) in [5.41, 5.74) is 3.13. The molecule has 5 rings (SSSR count). The highest BCUT2D eigenvalue weighted by Crippen LogP contribution is 2.24. The number of carbonyl (C=O) groups excluding carboxylic acids is 1. The third-order valence-corrected chi connectivity index (χ3v) is 5.53. The molecule has 0 spiro atoms. The number of hydrogen-bond acceptors (Lipinski definition) is 4. The van der Waals surface area contributed by atoms with Gasteiger partial charge in [-0.15, -0.1) is 0 Å². The lowest BCUT2D eigenvalue weighted by atomic mass is 10.2. The van der Waals surface area contributed by atoms with Crippen molar-refractivity contribution in [3.05, 3.63) is 89.5 Å². The number of aromatic nitrogens is 4. The van der Waals surface area contributed by atoms with Gasteiger partial charge in [-0.1, -0.05) is 12.1 Å². The van der Waals surface area contributed by atoms with E-state index in [2.05, 4.69) is 15.3 Å². The largest absolute Gasteiger partial charge is 0.388 e. The van der Waals surface area contributed by atoms with E-state index in [1.807, 2.05) is 0 Å². The van der Waals surface area contributed by atoms with Gasteiger partial charge in [0.15, 0.2) is 5.65 Å². The molecule has 3 heterocycles. The Bertz CT molecular complexity index is 1520. The highest BCUT2D eigenvalue weighted by atomic mass is 19.1. The molecule has 0 aliphatic heterocycles. The van der Waals surface area contributed by atoms with Crippen molar-refractivity contribution in [3.63, 3.8) is 0 Å². The number of pyridine rings is 1. The maximum absolute atomic E-state index is 13.8. The normalized spacial score (nSPS) is 11.4. The predicted octanol–water partition coefficient (Wildman–Crippen LogP) is 3.99.